The van der Waals surface area contributed by atoms with E-state index in [0.29, 0.717) is 5.75 Å². The van der Waals surface area contributed by atoms with Crippen molar-refractivity contribution in [2.24, 2.45) is 11.3 Å². The number of pyridine rings is 1. The molecule has 2 aromatic rings. The number of esters is 2. The van der Waals surface area contributed by atoms with Crippen LogP contribution in [0.15, 0.2) is 42.6 Å². The number of benzene rings is 1. The van der Waals surface area contributed by atoms with Gasteiger partial charge in [-0.1, -0.05) is 45.9 Å². The third-order valence-electron chi connectivity index (χ3n) is 5.08. The Hall–Kier alpha value is -3.42. The molecular weight excluding hydrogens is 438 g/mol. The summed E-state index contributed by atoms with van der Waals surface area (Å²) in [7, 11) is 1.39. The van der Waals surface area contributed by atoms with Crippen LogP contribution in [-0.4, -0.2) is 42.0 Å². The van der Waals surface area contributed by atoms with E-state index < -0.39 is 35.8 Å². The lowest BCUT2D eigenvalue weighted by Gasteiger charge is -2.35. The summed E-state index contributed by atoms with van der Waals surface area (Å²) in [4.78, 5) is 41.3. The van der Waals surface area contributed by atoms with Crippen LogP contribution in [0.4, 0.5) is 0 Å². The minimum atomic E-state index is -0.759. The monoisotopic (exact) mass is 471 g/mol. The van der Waals surface area contributed by atoms with Crippen molar-refractivity contribution in [3.8, 4) is 17.2 Å². The number of Topliss-reactive ketones (excluding diaryl/α,β-unsaturated/α-hetero) is 1. The predicted octanol–water partition coefficient (Wildman–Crippen LogP) is 4.65. The number of nitrogens with zero attached hydrogens (tertiary/aromatic N) is 1. The molecule has 0 aliphatic heterocycles. The van der Waals surface area contributed by atoms with Gasteiger partial charge in [0.2, 0.25) is 5.75 Å². The maximum Gasteiger partial charge on any atom is 0.309 e. The van der Waals surface area contributed by atoms with E-state index in [2.05, 4.69) is 4.98 Å². The molecule has 0 radical (unpaired) electrons. The van der Waals surface area contributed by atoms with E-state index in [1.54, 1.807) is 13.8 Å². The lowest BCUT2D eigenvalue weighted by molar-refractivity contribution is -0.160. The largest absolute Gasteiger partial charge is 0.493 e. The Morgan fingerprint density at radius 2 is 1.68 bits per heavy atom. The number of para-hydroxylation sites is 1. The lowest BCUT2D eigenvalue weighted by atomic mass is 9.86. The Morgan fingerprint density at radius 3 is 2.24 bits per heavy atom. The molecule has 0 bridgehead atoms. The van der Waals surface area contributed by atoms with Crippen molar-refractivity contribution in [2.45, 2.75) is 60.2 Å². The Kier molecular flexibility index (Phi) is 9.18. The van der Waals surface area contributed by atoms with Crippen molar-refractivity contribution in [3.63, 3.8) is 0 Å². The molecule has 0 saturated heterocycles. The zero-order valence-electron chi connectivity index (χ0n) is 20.8. The van der Waals surface area contributed by atoms with Crippen molar-refractivity contribution in [3.05, 3.63) is 48.3 Å². The third kappa shape index (κ3) is 7.30. The van der Waals surface area contributed by atoms with E-state index in [4.69, 9.17) is 18.9 Å². The molecular formula is C26H33NO7. The zero-order valence-corrected chi connectivity index (χ0v) is 20.8. The molecule has 3 atom stereocenters. The summed E-state index contributed by atoms with van der Waals surface area (Å²) >= 11 is 0. The molecule has 0 fully saturated rings. The SMILES string of the molecule is COc1ccnc(C(=O)C[C@@H](C)C(=O)O[C@@H](C)[C@H](Oc2ccccc2)C(C)(C)C)c1OC(C)=O. The van der Waals surface area contributed by atoms with Crippen molar-refractivity contribution in [1.29, 1.82) is 0 Å². The van der Waals surface area contributed by atoms with Gasteiger partial charge in [0, 0.05) is 31.0 Å². The van der Waals surface area contributed by atoms with Gasteiger partial charge in [0.15, 0.2) is 17.2 Å². The minimum Gasteiger partial charge on any atom is -0.493 e. The van der Waals surface area contributed by atoms with Gasteiger partial charge in [-0.05, 0) is 19.1 Å². The van der Waals surface area contributed by atoms with E-state index in [0.717, 1.165) is 0 Å². The van der Waals surface area contributed by atoms with Crippen LogP contribution in [0.5, 0.6) is 17.2 Å². The van der Waals surface area contributed by atoms with Crippen LogP contribution in [0.2, 0.25) is 0 Å². The summed E-state index contributed by atoms with van der Waals surface area (Å²) < 4.78 is 22.2. The van der Waals surface area contributed by atoms with Crippen LogP contribution in [0.1, 0.15) is 58.5 Å². The van der Waals surface area contributed by atoms with Gasteiger partial charge in [-0.2, -0.15) is 0 Å². The van der Waals surface area contributed by atoms with Gasteiger partial charge in [0.05, 0.1) is 13.0 Å². The fourth-order valence-corrected chi connectivity index (χ4v) is 3.47. The molecule has 34 heavy (non-hydrogen) atoms. The number of carbonyl (C=O) groups is 3. The minimum absolute atomic E-state index is 0.0690. The van der Waals surface area contributed by atoms with Gasteiger partial charge in [-0.15, -0.1) is 0 Å². The molecule has 0 N–H and O–H groups in total. The molecule has 184 valence electrons. The molecule has 0 spiro atoms. The topological polar surface area (TPSA) is 101 Å². The summed E-state index contributed by atoms with van der Waals surface area (Å²) in [6.07, 6.45) is 0.202. The highest BCUT2D eigenvalue weighted by atomic mass is 16.6. The molecule has 0 unspecified atom stereocenters. The molecule has 0 saturated carbocycles. The average Bonchev–Trinajstić information content (AvgIpc) is 2.76. The molecule has 0 aliphatic rings. The quantitative estimate of drug-likeness (QED) is 0.365. The van der Waals surface area contributed by atoms with Gasteiger partial charge < -0.3 is 18.9 Å². The summed E-state index contributed by atoms with van der Waals surface area (Å²) in [6, 6.07) is 10.8. The van der Waals surface area contributed by atoms with Crippen LogP contribution < -0.4 is 14.2 Å². The third-order valence-corrected chi connectivity index (χ3v) is 5.08. The van der Waals surface area contributed by atoms with Gasteiger partial charge >= 0.3 is 11.9 Å². The van der Waals surface area contributed by atoms with Crippen LogP contribution >= 0.6 is 0 Å². The van der Waals surface area contributed by atoms with Gasteiger partial charge in [-0.3, -0.25) is 14.4 Å². The van der Waals surface area contributed by atoms with E-state index in [9.17, 15) is 14.4 Å². The first-order chi connectivity index (χ1) is 15.9. The first kappa shape index (κ1) is 26.8. The highest BCUT2D eigenvalue weighted by Gasteiger charge is 2.35. The Labute approximate surface area is 200 Å². The van der Waals surface area contributed by atoms with E-state index in [1.165, 1.54) is 26.3 Å². The highest BCUT2D eigenvalue weighted by Crippen LogP contribution is 2.32. The number of rotatable bonds is 10. The molecule has 2 rings (SSSR count). The predicted molar refractivity (Wildman–Crippen MR) is 126 cm³/mol. The van der Waals surface area contributed by atoms with Crippen LogP contribution in [0, 0.1) is 11.3 Å². The molecule has 0 amide bonds. The maximum atomic E-state index is 12.9. The van der Waals surface area contributed by atoms with E-state index >= 15 is 0 Å². The van der Waals surface area contributed by atoms with Crippen molar-refractivity contribution >= 4 is 17.7 Å². The van der Waals surface area contributed by atoms with Crippen molar-refractivity contribution in [1.82, 2.24) is 4.98 Å². The van der Waals surface area contributed by atoms with Crippen LogP contribution in [-0.2, 0) is 14.3 Å². The van der Waals surface area contributed by atoms with E-state index in [1.807, 2.05) is 51.1 Å². The number of carbonyl (C=O) groups excluding carboxylic acids is 3. The van der Waals surface area contributed by atoms with Crippen molar-refractivity contribution in [2.75, 3.05) is 7.11 Å². The lowest BCUT2D eigenvalue weighted by Crippen LogP contribution is -2.44. The Morgan fingerprint density at radius 1 is 1.03 bits per heavy atom. The molecule has 1 aromatic heterocycles. The Bertz CT molecular complexity index is 998. The second-order valence-electron chi connectivity index (χ2n) is 9.17. The fraction of sp³-hybridized carbons (Fsp3) is 0.462. The van der Waals surface area contributed by atoms with Gasteiger partial charge in [0.25, 0.3) is 0 Å². The summed E-state index contributed by atoms with van der Waals surface area (Å²) in [5.41, 5.74) is -0.403. The highest BCUT2D eigenvalue weighted by molar-refractivity contribution is 5.99. The average molecular weight is 472 g/mol. The first-order valence-corrected chi connectivity index (χ1v) is 11.1. The number of aromatic nitrogens is 1. The smallest absolute Gasteiger partial charge is 0.309 e. The molecule has 8 heteroatoms. The number of methoxy groups -OCH3 is 1. The number of ketones is 1. The molecule has 8 nitrogen and oxygen atoms in total. The van der Waals surface area contributed by atoms with Gasteiger partial charge in [0.1, 0.15) is 18.0 Å². The fourth-order valence-electron chi connectivity index (χ4n) is 3.47. The normalized spacial score (nSPS) is 13.9. The van der Waals surface area contributed by atoms with Gasteiger partial charge in [-0.25, -0.2) is 4.98 Å². The molecule has 1 aromatic carbocycles. The summed E-state index contributed by atoms with van der Waals surface area (Å²) in [5, 5.41) is 0. The van der Waals surface area contributed by atoms with Crippen molar-refractivity contribution < 1.29 is 33.3 Å². The standard InChI is InChI=1S/C26H33NO7/c1-16(15-20(29)22-23(33-18(3)28)21(31-7)13-14-27-22)25(30)32-17(2)24(26(4,5)6)34-19-11-9-8-10-12-19/h8-14,16-17,24H,15H2,1-7H3/t16-,17+,24+/m1/s1. The van der Waals surface area contributed by atoms with E-state index in [-0.39, 0.29) is 29.0 Å². The number of hydrogen-bond donors (Lipinski definition) is 0. The second-order valence-corrected chi connectivity index (χ2v) is 9.17. The first-order valence-electron chi connectivity index (χ1n) is 11.1. The van der Waals surface area contributed by atoms with Crippen LogP contribution in [0.25, 0.3) is 0 Å². The maximum absolute atomic E-state index is 12.9. The van der Waals surface area contributed by atoms with Crippen LogP contribution in [0.3, 0.4) is 0 Å². The number of hydrogen-bond acceptors (Lipinski definition) is 8. The molecule has 1 heterocycles. The Balaban J connectivity index is 2.12. The number of ether oxygens (including phenoxy) is 4. The second kappa shape index (κ2) is 11.6. The molecule has 0 aliphatic carbocycles. The summed E-state index contributed by atoms with van der Waals surface area (Å²) in [5.74, 6) is -1.58. The summed E-state index contributed by atoms with van der Waals surface area (Å²) in [6.45, 7) is 10.6. The zero-order chi connectivity index (χ0) is 25.5.